The Kier molecular flexibility index (Phi) is 11.7. The monoisotopic (exact) mass is 522 g/mol. The molecule has 0 unspecified atom stereocenters. The van der Waals surface area contributed by atoms with Gasteiger partial charge in [0.1, 0.15) is 11.5 Å². The van der Waals surface area contributed by atoms with Crippen LogP contribution in [-0.4, -0.2) is 35.4 Å². The maximum Gasteiger partial charge on any atom is 0.330 e. The van der Waals surface area contributed by atoms with Gasteiger partial charge in [-0.25, -0.2) is 4.79 Å². The van der Waals surface area contributed by atoms with E-state index in [1.54, 1.807) is 30.3 Å². The van der Waals surface area contributed by atoms with E-state index in [9.17, 15) is 19.8 Å². The molecule has 38 heavy (non-hydrogen) atoms. The zero-order chi connectivity index (χ0) is 27.3. The van der Waals surface area contributed by atoms with Crippen LogP contribution in [0.5, 0.6) is 11.5 Å². The molecule has 2 fully saturated rings. The quantitative estimate of drug-likeness (QED) is 0.296. The summed E-state index contributed by atoms with van der Waals surface area (Å²) in [6.07, 6.45) is 10.6. The summed E-state index contributed by atoms with van der Waals surface area (Å²) < 4.78 is 9.93. The topological polar surface area (TPSA) is 93.1 Å². The van der Waals surface area contributed by atoms with Gasteiger partial charge in [-0.3, -0.25) is 4.79 Å². The fourth-order valence-electron chi connectivity index (χ4n) is 5.47. The highest BCUT2D eigenvalue weighted by molar-refractivity contribution is 5.82. The molecular weight excluding hydrogens is 480 g/mol. The van der Waals surface area contributed by atoms with Crippen molar-refractivity contribution in [1.82, 2.24) is 0 Å². The third-order valence-electron chi connectivity index (χ3n) is 7.57. The Morgan fingerprint density at radius 1 is 0.737 bits per heavy atom. The minimum atomic E-state index is -0.222. The van der Waals surface area contributed by atoms with E-state index >= 15 is 0 Å². The molecular formula is C32H42O6. The van der Waals surface area contributed by atoms with E-state index in [2.05, 4.69) is 0 Å². The van der Waals surface area contributed by atoms with Gasteiger partial charge in [0, 0.05) is 12.5 Å². The molecule has 2 aliphatic rings. The Morgan fingerprint density at radius 3 is 1.68 bits per heavy atom. The Hall–Kier alpha value is -3.28. The summed E-state index contributed by atoms with van der Waals surface area (Å²) in [4.78, 5) is 22.8. The number of aromatic hydroxyl groups is 2. The van der Waals surface area contributed by atoms with Crippen molar-refractivity contribution in [3.8, 4) is 11.5 Å². The van der Waals surface area contributed by atoms with Crippen molar-refractivity contribution >= 4 is 11.9 Å². The molecule has 2 saturated carbocycles. The lowest BCUT2D eigenvalue weighted by Crippen LogP contribution is -2.17. The Bertz CT molecular complexity index is 1020. The number of hydrogen-bond donors (Lipinski definition) is 2. The number of ether oxygens (including phenoxy) is 2. The van der Waals surface area contributed by atoms with Crippen LogP contribution in [0.3, 0.4) is 0 Å². The lowest BCUT2D eigenvalue weighted by Gasteiger charge is -2.28. The zero-order valence-corrected chi connectivity index (χ0v) is 22.7. The summed E-state index contributed by atoms with van der Waals surface area (Å²) >= 11 is 0. The molecule has 4 rings (SSSR count). The molecule has 2 aromatic carbocycles. The number of carbonyl (C=O) groups is 2. The number of carbonyl (C=O) groups excluding carboxylic acids is 2. The number of rotatable bonds is 7. The molecule has 0 atom stereocenters. The van der Waals surface area contributed by atoms with Crippen LogP contribution in [0.25, 0.3) is 0 Å². The SMILES string of the molecule is CCOC(=O)C=C1CCC(c2ccc(O)cc2)CC1.CCOC(=O)CC1CCC(c2ccc(O)cc2)CC1. The molecule has 206 valence electrons. The van der Waals surface area contributed by atoms with Crippen LogP contribution < -0.4 is 0 Å². The fraction of sp³-hybridized carbons (Fsp3) is 0.500. The summed E-state index contributed by atoms with van der Waals surface area (Å²) in [5.74, 6) is 1.92. The van der Waals surface area contributed by atoms with Gasteiger partial charge in [-0.15, -0.1) is 0 Å². The third kappa shape index (κ3) is 9.55. The molecule has 2 aliphatic carbocycles. The first-order valence-corrected chi connectivity index (χ1v) is 14.0. The molecule has 6 nitrogen and oxygen atoms in total. The summed E-state index contributed by atoms with van der Waals surface area (Å²) in [7, 11) is 0. The van der Waals surface area contributed by atoms with Gasteiger partial charge >= 0.3 is 11.9 Å². The molecule has 0 aliphatic heterocycles. The molecule has 0 aromatic heterocycles. The van der Waals surface area contributed by atoms with Crippen molar-refractivity contribution in [2.45, 2.75) is 83.5 Å². The third-order valence-corrected chi connectivity index (χ3v) is 7.57. The molecule has 2 aromatic rings. The summed E-state index contributed by atoms with van der Waals surface area (Å²) in [5.41, 5.74) is 3.76. The fourth-order valence-corrected chi connectivity index (χ4v) is 5.47. The van der Waals surface area contributed by atoms with Crippen LogP contribution in [0.15, 0.2) is 60.2 Å². The van der Waals surface area contributed by atoms with Gasteiger partial charge in [0.2, 0.25) is 0 Å². The summed E-state index contributed by atoms with van der Waals surface area (Å²) in [6, 6.07) is 15.0. The van der Waals surface area contributed by atoms with Crippen molar-refractivity contribution in [2.75, 3.05) is 13.2 Å². The molecule has 2 N–H and O–H groups in total. The maximum absolute atomic E-state index is 11.5. The van der Waals surface area contributed by atoms with Crippen LogP contribution in [0.2, 0.25) is 0 Å². The second-order valence-electron chi connectivity index (χ2n) is 10.2. The normalized spacial score (nSPS) is 21.0. The van der Waals surface area contributed by atoms with Gasteiger partial charge in [0.25, 0.3) is 0 Å². The molecule has 0 spiro atoms. The highest BCUT2D eigenvalue weighted by atomic mass is 16.5. The molecule has 0 heterocycles. The van der Waals surface area contributed by atoms with E-state index in [1.807, 2.05) is 38.1 Å². The summed E-state index contributed by atoms with van der Waals surface area (Å²) in [5, 5.41) is 18.6. The predicted molar refractivity (Wildman–Crippen MR) is 148 cm³/mol. The molecule has 6 heteroatoms. The highest BCUT2D eigenvalue weighted by Gasteiger charge is 2.24. The number of allylic oxidation sites excluding steroid dienone is 1. The lowest BCUT2D eigenvalue weighted by atomic mass is 9.77. The van der Waals surface area contributed by atoms with Crippen molar-refractivity contribution in [1.29, 1.82) is 0 Å². The largest absolute Gasteiger partial charge is 0.508 e. The van der Waals surface area contributed by atoms with Gasteiger partial charge in [0.05, 0.1) is 13.2 Å². The first-order chi connectivity index (χ1) is 18.4. The van der Waals surface area contributed by atoms with Crippen molar-refractivity contribution in [2.24, 2.45) is 5.92 Å². The Labute approximate surface area is 226 Å². The lowest BCUT2D eigenvalue weighted by molar-refractivity contribution is -0.144. The maximum atomic E-state index is 11.5. The van der Waals surface area contributed by atoms with Crippen molar-refractivity contribution in [3.05, 3.63) is 71.3 Å². The number of hydrogen-bond acceptors (Lipinski definition) is 6. The number of phenolic OH excluding ortho intramolecular Hbond substituents is 2. The van der Waals surface area contributed by atoms with E-state index in [-0.39, 0.29) is 11.9 Å². The first-order valence-electron chi connectivity index (χ1n) is 14.0. The van der Waals surface area contributed by atoms with Crippen LogP contribution in [0.1, 0.15) is 94.6 Å². The van der Waals surface area contributed by atoms with E-state index < -0.39 is 0 Å². The van der Waals surface area contributed by atoms with Crippen molar-refractivity contribution < 1.29 is 29.3 Å². The molecule has 0 amide bonds. The highest BCUT2D eigenvalue weighted by Crippen LogP contribution is 2.38. The summed E-state index contributed by atoms with van der Waals surface area (Å²) in [6.45, 7) is 4.57. The zero-order valence-electron chi connectivity index (χ0n) is 22.7. The average Bonchev–Trinajstić information content (AvgIpc) is 2.91. The smallest absolute Gasteiger partial charge is 0.330 e. The van der Waals surface area contributed by atoms with E-state index in [0.29, 0.717) is 48.9 Å². The number of phenols is 2. The van der Waals surface area contributed by atoms with Crippen LogP contribution >= 0.6 is 0 Å². The van der Waals surface area contributed by atoms with E-state index in [1.165, 1.54) is 16.7 Å². The van der Waals surface area contributed by atoms with E-state index in [4.69, 9.17) is 9.47 Å². The Morgan fingerprint density at radius 2 is 1.21 bits per heavy atom. The van der Waals surface area contributed by atoms with Gasteiger partial charge in [0.15, 0.2) is 0 Å². The van der Waals surface area contributed by atoms with Crippen molar-refractivity contribution in [3.63, 3.8) is 0 Å². The average molecular weight is 523 g/mol. The van der Waals surface area contributed by atoms with Gasteiger partial charge in [-0.1, -0.05) is 29.8 Å². The van der Waals surface area contributed by atoms with Crippen LogP contribution in [-0.2, 0) is 19.1 Å². The first kappa shape index (κ1) is 29.3. The van der Waals surface area contributed by atoms with Gasteiger partial charge < -0.3 is 19.7 Å². The second-order valence-corrected chi connectivity index (χ2v) is 10.2. The minimum absolute atomic E-state index is 0.0596. The molecule has 0 bridgehead atoms. The second kappa shape index (κ2) is 15.2. The predicted octanol–water partition coefficient (Wildman–Crippen LogP) is 7.16. The van der Waals surface area contributed by atoms with Gasteiger partial charge in [-0.05, 0) is 118 Å². The number of esters is 2. The molecule has 0 saturated heterocycles. The van der Waals surface area contributed by atoms with Crippen LogP contribution in [0, 0.1) is 5.92 Å². The Balaban J connectivity index is 0.000000211. The van der Waals surface area contributed by atoms with E-state index in [0.717, 1.165) is 51.4 Å². The standard InChI is InChI=1S/C16H22O3.C16H20O3/c2*1-2-19-16(18)11-12-3-5-13(6-4-12)14-7-9-15(17)10-8-14/h7-10,12-13,17H,2-6,11H2,1H3;7-11,13,17H,2-6H2,1H3. The van der Waals surface area contributed by atoms with Crippen LogP contribution in [0.4, 0.5) is 0 Å². The number of benzene rings is 2. The molecule has 0 radical (unpaired) electrons. The minimum Gasteiger partial charge on any atom is -0.508 e. The van der Waals surface area contributed by atoms with Gasteiger partial charge in [-0.2, -0.15) is 0 Å².